The molecule has 6 heteroatoms. The summed E-state index contributed by atoms with van der Waals surface area (Å²) in [5.41, 5.74) is 2.05. The SMILES string of the molecule is CC(NC(=O)c1ccc(COc2ccc(Cl)cc2)o1)c1cccc(-n2cccc2)c1. The van der Waals surface area contributed by atoms with Crippen LogP contribution < -0.4 is 10.1 Å². The predicted molar refractivity (Wildman–Crippen MR) is 116 cm³/mol. The molecule has 30 heavy (non-hydrogen) atoms. The third kappa shape index (κ3) is 4.75. The van der Waals surface area contributed by atoms with E-state index in [4.69, 9.17) is 20.8 Å². The van der Waals surface area contributed by atoms with Gasteiger partial charge in [0.2, 0.25) is 0 Å². The lowest BCUT2D eigenvalue weighted by molar-refractivity contribution is 0.0907. The summed E-state index contributed by atoms with van der Waals surface area (Å²) in [4.78, 5) is 12.6. The van der Waals surface area contributed by atoms with Crippen LogP contribution in [0.2, 0.25) is 5.02 Å². The summed E-state index contributed by atoms with van der Waals surface area (Å²) in [6.07, 6.45) is 3.97. The van der Waals surface area contributed by atoms with Crippen molar-refractivity contribution in [2.75, 3.05) is 0 Å². The molecule has 0 spiro atoms. The van der Waals surface area contributed by atoms with Crippen molar-refractivity contribution in [1.82, 2.24) is 9.88 Å². The van der Waals surface area contributed by atoms with Crippen LogP contribution in [0.1, 0.15) is 34.8 Å². The van der Waals surface area contributed by atoms with Crippen molar-refractivity contribution in [3.05, 3.63) is 107 Å². The number of carbonyl (C=O) groups excluding carboxylic acids is 1. The van der Waals surface area contributed by atoms with Crippen LogP contribution in [-0.4, -0.2) is 10.5 Å². The molecule has 5 nitrogen and oxygen atoms in total. The highest BCUT2D eigenvalue weighted by Gasteiger charge is 2.16. The summed E-state index contributed by atoms with van der Waals surface area (Å²) in [5.74, 6) is 1.22. The zero-order valence-corrected chi connectivity index (χ0v) is 17.2. The molecule has 152 valence electrons. The van der Waals surface area contributed by atoms with Crippen LogP contribution in [0.25, 0.3) is 5.69 Å². The van der Waals surface area contributed by atoms with Crippen molar-refractivity contribution in [3.63, 3.8) is 0 Å². The molecule has 1 amide bonds. The molecule has 2 heterocycles. The van der Waals surface area contributed by atoms with Crippen LogP contribution in [0.3, 0.4) is 0 Å². The molecular formula is C24H21ClN2O3. The van der Waals surface area contributed by atoms with Gasteiger partial charge in [0.25, 0.3) is 5.91 Å². The summed E-state index contributed by atoms with van der Waals surface area (Å²) in [7, 11) is 0. The van der Waals surface area contributed by atoms with E-state index in [1.54, 1.807) is 36.4 Å². The average molecular weight is 421 g/mol. The standard InChI is InChI=1S/C24H21ClN2O3/c1-17(18-5-4-6-20(15-18)27-13-2-3-14-27)26-24(28)23-12-11-22(30-23)16-29-21-9-7-19(25)8-10-21/h2-15,17H,16H2,1H3,(H,26,28). The zero-order chi connectivity index (χ0) is 20.9. The zero-order valence-electron chi connectivity index (χ0n) is 16.4. The van der Waals surface area contributed by atoms with Crippen molar-refractivity contribution in [3.8, 4) is 11.4 Å². The lowest BCUT2D eigenvalue weighted by Gasteiger charge is -2.15. The summed E-state index contributed by atoms with van der Waals surface area (Å²) >= 11 is 5.87. The second-order valence-corrected chi connectivity index (χ2v) is 7.33. The van der Waals surface area contributed by atoms with E-state index in [1.807, 2.05) is 54.2 Å². The predicted octanol–water partition coefficient (Wildman–Crippen LogP) is 5.79. The van der Waals surface area contributed by atoms with Crippen LogP contribution in [0.15, 0.2) is 89.6 Å². The van der Waals surface area contributed by atoms with E-state index < -0.39 is 0 Å². The van der Waals surface area contributed by atoms with Gasteiger partial charge < -0.3 is 19.0 Å². The molecule has 0 aliphatic rings. The molecule has 0 aliphatic heterocycles. The number of benzene rings is 2. The summed E-state index contributed by atoms with van der Waals surface area (Å²) < 4.78 is 13.3. The van der Waals surface area contributed by atoms with Gasteiger partial charge in [-0.25, -0.2) is 0 Å². The summed E-state index contributed by atoms with van der Waals surface area (Å²) in [6.45, 7) is 2.17. The van der Waals surface area contributed by atoms with Gasteiger partial charge in [0.1, 0.15) is 18.1 Å². The van der Waals surface area contributed by atoms with E-state index in [0.717, 1.165) is 11.3 Å². The first-order valence-electron chi connectivity index (χ1n) is 9.60. The van der Waals surface area contributed by atoms with Crippen molar-refractivity contribution in [2.45, 2.75) is 19.6 Å². The number of ether oxygens (including phenoxy) is 1. The van der Waals surface area contributed by atoms with Crippen molar-refractivity contribution in [1.29, 1.82) is 0 Å². The van der Waals surface area contributed by atoms with E-state index in [0.29, 0.717) is 16.5 Å². The van der Waals surface area contributed by atoms with E-state index in [2.05, 4.69) is 11.4 Å². The molecule has 0 bridgehead atoms. The number of aromatic nitrogens is 1. The maximum atomic E-state index is 12.6. The fraction of sp³-hybridized carbons (Fsp3) is 0.125. The van der Waals surface area contributed by atoms with Gasteiger partial charge >= 0.3 is 0 Å². The fourth-order valence-electron chi connectivity index (χ4n) is 3.08. The van der Waals surface area contributed by atoms with Crippen LogP contribution in [0.5, 0.6) is 5.75 Å². The molecule has 2 aromatic carbocycles. The molecule has 1 atom stereocenters. The lowest BCUT2D eigenvalue weighted by Crippen LogP contribution is -2.26. The Balaban J connectivity index is 1.37. The van der Waals surface area contributed by atoms with Gasteiger partial charge in [0.15, 0.2) is 5.76 Å². The van der Waals surface area contributed by atoms with Gasteiger partial charge in [-0.05, 0) is 73.2 Å². The third-order valence-corrected chi connectivity index (χ3v) is 4.95. The molecular weight excluding hydrogens is 400 g/mol. The fourth-order valence-corrected chi connectivity index (χ4v) is 3.20. The molecule has 0 saturated carbocycles. The monoisotopic (exact) mass is 420 g/mol. The minimum atomic E-state index is -0.272. The third-order valence-electron chi connectivity index (χ3n) is 4.70. The Hall–Kier alpha value is -3.44. The molecule has 4 rings (SSSR count). The number of rotatable bonds is 7. The number of furan rings is 1. The largest absolute Gasteiger partial charge is 0.486 e. The Bertz CT molecular complexity index is 1120. The van der Waals surface area contributed by atoms with Gasteiger partial charge in [0.05, 0.1) is 6.04 Å². The van der Waals surface area contributed by atoms with Crippen LogP contribution in [-0.2, 0) is 6.61 Å². The van der Waals surface area contributed by atoms with E-state index in [1.165, 1.54) is 0 Å². The Morgan fingerprint density at radius 3 is 2.60 bits per heavy atom. The maximum Gasteiger partial charge on any atom is 0.287 e. The van der Waals surface area contributed by atoms with Crippen molar-refractivity contribution < 1.29 is 13.9 Å². The molecule has 0 fully saturated rings. The number of hydrogen-bond donors (Lipinski definition) is 1. The number of nitrogens with one attached hydrogen (secondary N) is 1. The van der Waals surface area contributed by atoms with E-state index in [-0.39, 0.29) is 24.3 Å². The maximum absolute atomic E-state index is 12.6. The molecule has 0 aliphatic carbocycles. The molecule has 2 aromatic heterocycles. The summed E-state index contributed by atoms with van der Waals surface area (Å²) in [5, 5.41) is 3.63. The van der Waals surface area contributed by atoms with Crippen LogP contribution in [0, 0.1) is 0 Å². The minimum Gasteiger partial charge on any atom is -0.486 e. The van der Waals surface area contributed by atoms with Gasteiger partial charge in [-0.15, -0.1) is 0 Å². The minimum absolute atomic E-state index is 0.174. The second kappa shape index (κ2) is 8.93. The first-order chi connectivity index (χ1) is 14.6. The quantitative estimate of drug-likeness (QED) is 0.411. The van der Waals surface area contributed by atoms with E-state index >= 15 is 0 Å². The Morgan fingerprint density at radius 1 is 1.07 bits per heavy atom. The molecule has 4 aromatic rings. The van der Waals surface area contributed by atoms with E-state index in [9.17, 15) is 4.79 Å². The average Bonchev–Trinajstić information content (AvgIpc) is 3.46. The second-order valence-electron chi connectivity index (χ2n) is 6.89. The van der Waals surface area contributed by atoms with Gasteiger partial charge in [-0.3, -0.25) is 4.79 Å². The number of halogens is 1. The number of amides is 1. The van der Waals surface area contributed by atoms with Gasteiger partial charge in [-0.1, -0.05) is 23.7 Å². The highest BCUT2D eigenvalue weighted by atomic mass is 35.5. The number of carbonyl (C=O) groups is 1. The summed E-state index contributed by atoms with van der Waals surface area (Å²) in [6, 6.07) is 22.3. The van der Waals surface area contributed by atoms with Crippen molar-refractivity contribution in [2.24, 2.45) is 0 Å². The van der Waals surface area contributed by atoms with Crippen molar-refractivity contribution >= 4 is 17.5 Å². The smallest absolute Gasteiger partial charge is 0.287 e. The molecule has 0 saturated heterocycles. The Labute approximate surface area is 179 Å². The van der Waals surface area contributed by atoms with Gasteiger partial charge in [0, 0.05) is 23.1 Å². The Kier molecular flexibility index (Phi) is 5.91. The topological polar surface area (TPSA) is 56.4 Å². The highest BCUT2D eigenvalue weighted by molar-refractivity contribution is 6.30. The lowest BCUT2D eigenvalue weighted by atomic mass is 10.1. The van der Waals surface area contributed by atoms with Crippen LogP contribution >= 0.6 is 11.6 Å². The number of hydrogen-bond acceptors (Lipinski definition) is 3. The molecule has 1 N–H and O–H groups in total. The first kappa shape index (κ1) is 19.9. The van der Waals surface area contributed by atoms with Gasteiger partial charge in [-0.2, -0.15) is 0 Å². The first-order valence-corrected chi connectivity index (χ1v) is 9.97. The highest BCUT2D eigenvalue weighted by Crippen LogP contribution is 2.20. The van der Waals surface area contributed by atoms with Crippen LogP contribution in [0.4, 0.5) is 0 Å². The molecule has 1 unspecified atom stereocenters. The normalized spacial score (nSPS) is 11.8. The Morgan fingerprint density at radius 2 is 1.83 bits per heavy atom. The number of nitrogens with zero attached hydrogens (tertiary/aromatic N) is 1. The molecule has 0 radical (unpaired) electrons.